The molecule has 142 valence electrons. The van der Waals surface area contributed by atoms with Crippen molar-refractivity contribution in [2.24, 2.45) is 0 Å². The van der Waals surface area contributed by atoms with E-state index in [4.69, 9.17) is 0 Å². The molecule has 0 radical (unpaired) electrons. The maximum Gasteiger partial charge on any atom is 0.230 e. The molecule has 1 aliphatic rings. The molecule has 2 aromatic heterocycles. The molecule has 2 N–H and O–H groups in total. The van der Waals surface area contributed by atoms with E-state index in [1.54, 1.807) is 26.1 Å². The van der Waals surface area contributed by atoms with E-state index < -0.39 is 14.6 Å². The van der Waals surface area contributed by atoms with Gasteiger partial charge in [0.1, 0.15) is 16.4 Å². The molecule has 0 aromatic carbocycles. The summed E-state index contributed by atoms with van der Waals surface area (Å²) in [7, 11) is -3.31. The summed E-state index contributed by atoms with van der Waals surface area (Å²) in [4.78, 5) is 8.75. The second-order valence-corrected chi connectivity index (χ2v) is 10.3. The number of rotatable bonds is 7. The normalized spacial score (nSPS) is 15.1. The molecule has 1 aliphatic carbocycles. The van der Waals surface area contributed by atoms with Crippen LogP contribution in [0.2, 0.25) is 0 Å². The van der Waals surface area contributed by atoms with E-state index >= 15 is 0 Å². The zero-order valence-electron chi connectivity index (χ0n) is 15.2. The van der Waals surface area contributed by atoms with Crippen molar-refractivity contribution in [3.05, 3.63) is 22.4 Å². The fraction of sp³-hybridized carbons (Fsp3) is 0.562. The van der Waals surface area contributed by atoms with E-state index in [1.165, 1.54) is 6.26 Å². The van der Waals surface area contributed by atoms with Crippen molar-refractivity contribution < 1.29 is 8.42 Å². The predicted octanol–water partition coefficient (Wildman–Crippen LogP) is 3.23. The molecular formula is C16H23BrN6O2S. The minimum atomic E-state index is -3.31. The van der Waals surface area contributed by atoms with Gasteiger partial charge in [-0.1, -0.05) is 0 Å². The Balaban J connectivity index is 1.97. The largest absolute Gasteiger partial charge is 0.369 e. The van der Waals surface area contributed by atoms with Crippen molar-refractivity contribution >= 4 is 43.4 Å². The molecule has 1 fully saturated rings. The number of hydrogen-bond acceptors (Lipinski definition) is 7. The molecule has 0 spiro atoms. The predicted molar refractivity (Wildman–Crippen MR) is 106 cm³/mol. The van der Waals surface area contributed by atoms with Gasteiger partial charge in [0, 0.05) is 25.1 Å². The topological polar surface area (TPSA) is 102 Å². The molecule has 1 saturated carbocycles. The Morgan fingerprint density at radius 1 is 1.38 bits per heavy atom. The fourth-order valence-corrected chi connectivity index (χ4v) is 3.21. The molecule has 0 amide bonds. The number of aromatic nitrogens is 4. The lowest BCUT2D eigenvalue weighted by Crippen LogP contribution is -2.28. The van der Waals surface area contributed by atoms with Crippen LogP contribution < -0.4 is 10.6 Å². The summed E-state index contributed by atoms with van der Waals surface area (Å²) in [5.41, 5.74) is 0.512. The average molecular weight is 443 g/mol. The van der Waals surface area contributed by atoms with Crippen LogP contribution in [-0.2, 0) is 14.6 Å². The third-order valence-corrected chi connectivity index (χ3v) is 7.14. The number of nitrogens with one attached hydrogen (secondary N) is 2. The minimum Gasteiger partial charge on any atom is -0.369 e. The second kappa shape index (κ2) is 6.80. The van der Waals surface area contributed by atoms with E-state index in [0.29, 0.717) is 23.3 Å². The Morgan fingerprint density at radius 3 is 2.65 bits per heavy atom. The van der Waals surface area contributed by atoms with E-state index in [-0.39, 0.29) is 6.04 Å². The quantitative estimate of drug-likeness (QED) is 0.678. The molecule has 3 rings (SSSR count). The van der Waals surface area contributed by atoms with Gasteiger partial charge in [0.2, 0.25) is 5.95 Å². The highest BCUT2D eigenvalue weighted by Crippen LogP contribution is 2.40. The number of nitrogens with zero attached hydrogens (tertiary/aromatic N) is 4. The van der Waals surface area contributed by atoms with Crippen molar-refractivity contribution in [3.63, 3.8) is 0 Å². The Labute approximate surface area is 161 Å². The van der Waals surface area contributed by atoms with Gasteiger partial charge in [0.25, 0.3) is 0 Å². The lowest BCUT2D eigenvalue weighted by Gasteiger charge is -2.19. The molecule has 0 unspecified atom stereocenters. The first kappa shape index (κ1) is 19.1. The molecule has 0 atom stereocenters. The average Bonchev–Trinajstić information content (AvgIpc) is 3.30. The van der Waals surface area contributed by atoms with Gasteiger partial charge in [-0.3, -0.25) is 0 Å². The maximum atomic E-state index is 12.2. The molecule has 0 bridgehead atoms. The van der Waals surface area contributed by atoms with Crippen LogP contribution in [0.4, 0.5) is 17.6 Å². The van der Waals surface area contributed by atoms with Crippen LogP contribution >= 0.6 is 15.9 Å². The van der Waals surface area contributed by atoms with Crippen molar-refractivity contribution in [2.45, 2.75) is 44.4 Å². The van der Waals surface area contributed by atoms with Crippen LogP contribution in [0.25, 0.3) is 0 Å². The first-order valence-corrected chi connectivity index (χ1v) is 11.1. The molecule has 10 heteroatoms. The summed E-state index contributed by atoms with van der Waals surface area (Å²) in [5.74, 6) is 1.82. The summed E-state index contributed by atoms with van der Waals surface area (Å²) < 4.78 is 25.9. The van der Waals surface area contributed by atoms with Crippen LogP contribution in [0.1, 0.15) is 45.3 Å². The Morgan fingerprint density at radius 2 is 2.08 bits per heavy atom. The fourth-order valence-electron chi connectivity index (χ4n) is 2.40. The van der Waals surface area contributed by atoms with Gasteiger partial charge in [-0.25, -0.2) is 18.1 Å². The van der Waals surface area contributed by atoms with Gasteiger partial charge in [-0.15, -0.1) is 0 Å². The third kappa shape index (κ3) is 3.71. The SMILES string of the molecule is CCNc1nc(Nc2cc(C(C)(C)S(C)(=O)=O)nn2C2CC2)ncc1Br. The standard InChI is InChI=1S/C16H23BrN6O2S/c1-5-18-14-11(17)9-19-15(21-14)20-13-8-12(16(2,3)26(4,24)25)22-23(13)10-6-7-10/h8-10H,5-7H2,1-4H3,(H2,18,19,20,21). The van der Waals surface area contributed by atoms with Crippen molar-refractivity contribution in [1.82, 2.24) is 19.7 Å². The Hall–Kier alpha value is -1.68. The number of sulfone groups is 1. The summed E-state index contributed by atoms with van der Waals surface area (Å²) >= 11 is 3.42. The number of halogens is 1. The third-order valence-electron chi connectivity index (χ3n) is 4.50. The van der Waals surface area contributed by atoms with E-state index in [9.17, 15) is 8.42 Å². The number of anilines is 3. The van der Waals surface area contributed by atoms with Crippen molar-refractivity contribution in [2.75, 3.05) is 23.4 Å². The van der Waals surface area contributed by atoms with E-state index in [1.807, 2.05) is 11.6 Å². The molecule has 2 aromatic rings. The van der Waals surface area contributed by atoms with E-state index in [0.717, 1.165) is 23.9 Å². The Bertz CT molecular complexity index is 921. The minimum absolute atomic E-state index is 0.283. The van der Waals surface area contributed by atoms with Crippen molar-refractivity contribution in [3.8, 4) is 0 Å². The van der Waals surface area contributed by atoms with Crippen LogP contribution in [0.5, 0.6) is 0 Å². The van der Waals surface area contributed by atoms with Crippen LogP contribution in [0.15, 0.2) is 16.7 Å². The summed E-state index contributed by atoms with van der Waals surface area (Å²) in [6.07, 6.45) is 4.96. The highest BCUT2D eigenvalue weighted by Gasteiger charge is 2.37. The summed E-state index contributed by atoms with van der Waals surface area (Å²) in [6.45, 7) is 6.07. The van der Waals surface area contributed by atoms with Crippen LogP contribution in [0, 0.1) is 0 Å². The monoisotopic (exact) mass is 442 g/mol. The number of hydrogen-bond donors (Lipinski definition) is 2. The first-order chi connectivity index (χ1) is 12.1. The molecule has 26 heavy (non-hydrogen) atoms. The highest BCUT2D eigenvalue weighted by atomic mass is 79.9. The first-order valence-electron chi connectivity index (χ1n) is 8.46. The molecule has 2 heterocycles. The zero-order valence-corrected chi connectivity index (χ0v) is 17.6. The van der Waals surface area contributed by atoms with Crippen LogP contribution in [0.3, 0.4) is 0 Å². The van der Waals surface area contributed by atoms with Gasteiger partial charge in [-0.05, 0) is 49.5 Å². The summed E-state index contributed by atoms with van der Waals surface area (Å²) in [6, 6.07) is 2.06. The van der Waals surface area contributed by atoms with E-state index in [2.05, 4.69) is 41.6 Å². The van der Waals surface area contributed by atoms with Gasteiger partial charge in [0.05, 0.1) is 16.2 Å². The second-order valence-electron chi connectivity index (χ2n) is 6.92. The zero-order chi connectivity index (χ0) is 19.1. The lowest BCUT2D eigenvalue weighted by atomic mass is 10.1. The summed E-state index contributed by atoms with van der Waals surface area (Å²) in [5, 5.41) is 10.9. The van der Waals surface area contributed by atoms with Gasteiger partial charge in [-0.2, -0.15) is 10.1 Å². The maximum absolute atomic E-state index is 12.2. The van der Waals surface area contributed by atoms with Gasteiger partial charge in [0.15, 0.2) is 9.84 Å². The van der Waals surface area contributed by atoms with Gasteiger partial charge >= 0.3 is 0 Å². The molecule has 8 nitrogen and oxygen atoms in total. The van der Waals surface area contributed by atoms with Crippen molar-refractivity contribution in [1.29, 1.82) is 0 Å². The Kier molecular flexibility index (Phi) is 5.00. The van der Waals surface area contributed by atoms with Crippen LogP contribution in [-0.4, -0.2) is 41.0 Å². The lowest BCUT2D eigenvalue weighted by molar-refractivity contribution is 0.546. The van der Waals surface area contributed by atoms with Gasteiger partial charge < -0.3 is 10.6 Å². The molecule has 0 aliphatic heterocycles. The molecule has 0 saturated heterocycles. The smallest absolute Gasteiger partial charge is 0.230 e. The molecular weight excluding hydrogens is 420 g/mol. The highest BCUT2D eigenvalue weighted by molar-refractivity contribution is 9.10.